The fourth-order valence-corrected chi connectivity index (χ4v) is 9.32. The number of benzene rings is 1. The highest BCUT2D eigenvalue weighted by molar-refractivity contribution is 6.13. The Hall–Kier alpha value is -6.88. The molecule has 392 valence electrons. The molecule has 1 aromatic carbocycles. The Balaban J connectivity index is 0.901. The summed E-state index contributed by atoms with van der Waals surface area (Å²) < 4.78 is 29.0. The van der Waals surface area contributed by atoms with Crippen LogP contribution in [-0.4, -0.2) is 132 Å². The highest BCUT2D eigenvalue weighted by Gasteiger charge is 2.45. The first-order valence-electron chi connectivity index (χ1n) is 24.7. The zero-order valence-electron chi connectivity index (χ0n) is 41.3. The van der Waals surface area contributed by atoms with Crippen LogP contribution in [-0.2, 0) is 77.7 Å². The normalized spacial score (nSPS) is 17.1. The number of nitrogens with zero attached hydrogens (tertiary/aromatic N) is 3. The summed E-state index contributed by atoms with van der Waals surface area (Å²) in [6.07, 6.45) is 3.74. The number of ether oxygens (including phenoxy) is 5. The maximum Gasteiger partial charge on any atom is 0.343 e. The van der Waals surface area contributed by atoms with Gasteiger partial charge in [-0.3, -0.25) is 43.3 Å². The lowest BCUT2D eigenvalue weighted by Crippen LogP contribution is -2.46. The van der Waals surface area contributed by atoms with E-state index in [1.807, 2.05) is 0 Å². The third-order valence-corrected chi connectivity index (χ3v) is 13.4. The molecule has 4 aliphatic rings. The number of amides is 5. The molecule has 0 saturated carbocycles. The van der Waals surface area contributed by atoms with Crippen LogP contribution in [0.1, 0.15) is 94.4 Å². The lowest BCUT2D eigenvalue weighted by molar-refractivity contribution is -0.172. The number of hydrogen-bond donors (Lipinski definition) is 5. The van der Waals surface area contributed by atoms with Crippen LogP contribution >= 0.6 is 0 Å². The number of aryl methyl sites for hydroxylation is 1. The largest absolute Gasteiger partial charge is 0.458 e. The lowest BCUT2D eigenvalue weighted by atomic mass is 9.86. The number of nitrogens with two attached hydrogens (primary N) is 1. The van der Waals surface area contributed by atoms with Crippen LogP contribution in [0.25, 0.3) is 22.3 Å². The van der Waals surface area contributed by atoms with Gasteiger partial charge in [0.1, 0.15) is 6.61 Å². The average molecular weight is 1010 g/mol. The van der Waals surface area contributed by atoms with E-state index in [1.165, 1.54) is 4.57 Å². The van der Waals surface area contributed by atoms with Crippen LogP contribution < -0.4 is 36.7 Å². The Kier molecular flexibility index (Phi) is 17.9. The molecule has 0 radical (unpaired) electrons. The van der Waals surface area contributed by atoms with Gasteiger partial charge in [-0.1, -0.05) is 27.2 Å². The first-order valence-corrected chi connectivity index (χ1v) is 24.7. The van der Waals surface area contributed by atoms with Gasteiger partial charge in [-0.25, -0.2) is 9.78 Å². The third-order valence-electron chi connectivity index (χ3n) is 13.4. The second-order valence-corrected chi connectivity index (χ2v) is 18.7. The summed E-state index contributed by atoms with van der Waals surface area (Å²) in [4.78, 5) is 122. The minimum absolute atomic E-state index is 0.0107. The lowest BCUT2D eigenvalue weighted by Gasteiger charge is -2.31. The Labute approximate surface area is 420 Å². The SMILES string of the molecule is CC[C@@]1(O)C(=O)OCc2c1cc1n(c2=O)Cc2c-1nc1cc3c(cc1c2CCC(=O)CNC(=O)[C@H](CCCCN)CC(=O)[C@@H](NC(=O)CCOCCOCCNC(=O)CCN1C(=O)C=CC1=O)C(C)C)OCO3. The van der Waals surface area contributed by atoms with Crippen LogP contribution in [0.5, 0.6) is 11.5 Å². The smallest absolute Gasteiger partial charge is 0.343 e. The van der Waals surface area contributed by atoms with E-state index in [9.17, 15) is 48.3 Å². The molecule has 0 saturated heterocycles. The van der Waals surface area contributed by atoms with Gasteiger partial charge in [-0.2, -0.15) is 0 Å². The molecule has 6 heterocycles. The van der Waals surface area contributed by atoms with Gasteiger partial charge in [0.25, 0.3) is 17.4 Å². The van der Waals surface area contributed by atoms with Crippen molar-refractivity contribution in [3.63, 3.8) is 0 Å². The summed E-state index contributed by atoms with van der Waals surface area (Å²) in [5, 5.41) is 20.2. The molecule has 3 aromatic rings. The molecule has 2 aromatic heterocycles. The van der Waals surface area contributed by atoms with Crippen molar-refractivity contribution >= 4 is 58.0 Å². The standard InChI is InChI=1S/C51H63N7O15/c1-4-51(68)36-23-38-47-34(26-58(38)49(66)35(36)27-71-50(51)67)32(33-22-40-41(73-28-72-40)24-37(33)55-47)9-8-31(59)25-54-48(65)30(7-5-6-14-52)21-39(60)46(29(2)3)56-43(62)13-17-69-19-20-70-18-15-53-42(61)12-16-57-44(63)10-11-45(57)64/h10-11,22-24,29-30,46,68H,4-9,12-21,25-28,52H2,1-3H3,(H,53,61)(H,54,65)(H,56,62)/t30-,46+,51+/m1/s1. The molecule has 4 aliphatic heterocycles. The minimum Gasteiger partial charge on any atom is -0.458 e. The van der Waals surface area contributed by atoms with Crippen molar-refractivity contribution in [2.45, 2.75) is 103 Å². The molecule has 0 spiro atoms. The summed E-state index contributed by atoms with van der Waals surface area (Å²) >= 11 is 0. The number of fused-ring (bicyclic) bond motifs is 6. The second-order valence-electron chi connectivity index (χ2n) is 18.7. The number of esters is 1. The molecule has 0 bridgehead atoms. The predicted octanol–water partition coefficient (Wildman–Crippen LogP) is 1.13. The Morgan fingerprint density at radius 3 is 2.32 bits per heavy atom. The van der Waals surface area contributed by atoms with Gasteiger partial charge >= 0.3 is 5.97 Å². The van der Waals surface area contributed by atoms with Crippen LogP contribution in [0, 0.1) is 11.8 Å². The number of hydrogen-bond acceptors (Lipinski definition) is 17. The average Bonchev–Trinajstić information content (AvgIpc) is 4.08. The summed E-state index contributed by atoms with van der Waals surface area (Å²) in [5.41, 5.74) is 6.45. The first kappa shape index (κ1) is 53.9. The summed E-state index contributed by atoms with van der Waals surface area (Å²) in [6, 6.07) is 4.25. The van der Waals surface area contributed by atoms with Gasteiger partial charge in [0, 0.05) is 79.4 Å². The number of nitrogens with one attached hydrogen (secondary N) is 3. The van der Waals surface area contributed by atoms with E-state index in [1.54, 1.807) is 39.0 Å². The van der Waals surface area contributed by atoms with Crippen LogP contribution in [0.15, 0.2) is 35.1 Å². The summed E-state index contributed by atoms with van der Waals surface area (Å²) in [5.74, 6) is -3.73. The molecule has 3 atom stereocenters. The molecule has 5 amide bonds. The molecule has 0 unspecified atom stereocenters. The number of imide groups is 1. The Morgan fingerprint density at radius 2 is 1.60 bits per heavy atom. The second kappa shape index (κ2) is 24.2. The number of carbonyl (C=O) groups excluding carboxylic acids is 8. The van der Waals surface area contributed by atoms with Gasteiger partial charge in [-0.05, 0) is 55.8 Å². The number of unbranched alkanes of at least 4 members (excludes halogenated alkanes) is 1. The van der Waals surface area contributed by atoms with E-state index in [-0.39, 0.29) is 139 Å². The van der Waals surface area contributed by atoms with E-state index in [0.717, 1.165) is 22.6 Å². The van der Waals surface area contributed by atoms with Crippen LogP contribution in [0.4, 0.5) is 0 Å². The zero-order chi connectivity index (χ0) is 52.4. The van der Waals surface area contributed by atoms with E-state index >= 15 is 0 Å². The van der Waals surface area contributed by atoms with Crippen molar-refractivity contribution in [3.05, 3.63) is 63.0 Å². The number of Topliss-reactive ketones (excluding diaryl/α,β-unsaturated/α-hetero) is 2. The van der Waals surface area contributed by atoms with Gasteiger partial charge in [0.15, 0.2) is 28.7 Å². The number of rotatable bonds is 28. The fraction of sp³-hybridized carbons (Fsp3) is 0.529. The molecule has 73 heavy (non-hydrogen) atoms. The van der Waals surface area contributed by atoms with Crippen LogP contribution in [0.3, 0.4) is 0 Å². The predicted molar refractivity (Wildman–Crippen MR) is 260 cm³/mol. The maximum atomic E-state index is 14.0. The number of cyclic esters (lactones) is 1. The van der Waals surface area contributed by atoms with Crippen molar-refractivity contribution in [3.8, 4) is 22.9 Å². The number of aliphatic hydroxyl groups is 1. The topological polar surface area (TPSA) is 303 Å². The molecule has 22 heteroatoms. The molecular formula is C51H63N7O15. The quantitative estimate of drug-likeness (QED) is 0.0303. The molecule has 0 aliphatic carbocycles. The minimum atomic E-state index is -2.01. The number of pyridine rings is 2. The fourth-order valence-electron chi connectivity index (χ4n) is 9.32. The van der Waals surface area contributed by atoms with E-state index < -0.39 is 52.7 Å². The summed E-state index contributed by atoms with van der Waals surface area (Å²) in [7, 11) is 0. The van der Waals surface area contributed by atoms with E-state index in [4.69, 9.17) is 34.4 Å². The highest BCUT2D eigenvalue weighted by atomic mass is 16.7. The number of aromatic nitrogens is 2. The van der Waals surface area contributed by atoms with Crippen LogP contribution in [0.2, 0.25) is 0 Å². The van der Waals surface area contributed by atoms with Crippen molar-refractivity contribution in [1.29, 1.82) is 0 Å². The van der Waals surface area contributed by atoms with Crippen molar-refractivity contribution in [1.82, 2.24) is 30.4 Å². The van der Waals surface area contributed by atoms with Gasteiger partial charge in [0.05, 0.1) is 68.0 Å². The molecule has 7 rings (SSSR count). The first-order chi connectivity index (χ1) is 35.0. The van der Waals surface area contributed by atoms with Crippen molar-refractivity contribution in [2.75, 3.05) is 59.4 Å². The summed E-state index contributed by atoms with van der Waals surface area (Å²) in [6.45, 7) is 5.92. The molecule has 0 fully saturated rings. The maximum absolute atomic E-state index is 14.0. The number of ketones is 2. The van der Waals surface area contributed by atoms with Gasteiger partial charge in [0.2, 0.25) is 24.5 Å². The Morgan fingerprint density at radius 1 is 0.877 bits per heavy atom. The molecular weight excluding hydrogens is 951 g/mol. The monoisotopic (exact) mass is 1010 g/mol. The molecule has 6 N–H and O–H groups in total. The van der Waals surface area contributed by atoms with Gasteiger partial charge < -0.3 is 55.0 Å². The molecule has 22 nitrogen and oxygen atoms in total. The Bertz CT molecular complexity index is 2730. The van der Waals surface area contributed by atoms with E-state index in [0.29, 0.717) is 65.2 Å². The van der Waals surface area contributed by atoms with Crippen molar-refractivity contribution in [2.24, 2.45) is 17.6 Å². The van der Waals surface area contributed by atoms with Gasteiger partial charge in [-0.15, -0.1) is 0 Å². The zero-order valence-corrected chi connectivity index (χ0v) is 41.3. The van der Waals surface area contributed by atoms with E-state index in [2.05, 4.69) is 16.0 Å². The number of carbonyl (C=O) groups is 8. The highest BCUT2D eigenvalue weighted by Crippen LogP contribution is 2.43. The third kappa shape index (κ3) is 12.5. The van der Waals surface area contributed by atoms with Crippen molar-refractivity contribution < 1.29 is 67.1 Å².